The molecule has 0 saturated carbocycles. The molecule has 1 aromatic carbocycles. The molecule has 0 bridgehead atoms. The third kappa shape index (κ3) is 2.70. The Morgan fingerprint density at radius 2 is 1.89 bits per heavy atom. The Morgan fingerprint density at radius 3 is 2.37 bits per heavy atom. The molecule has 0 saturated heterocycles. The number of aryl methyl sites for hydroxylation is 1. The van der Waals surface area contributed by atoms with Crippen molar-refractivity contribution in [3.8, 4) is 11.4 Å². The van der Waals surface area contributed by atoms with Gasteiger partial charge in [0.15, 0.2) is 11.6 Å². The van der Waals surface area contributed by atoms with Crippen LogP contribution in [-0.4, -0.2) is 26.0 Å². The summed E-state index contributed by atoms with van der Waals surface area (Å²) < 4.78 is 1.60. The maximum absolute atomic E-state index is 11.7. The van der Waals surface area contributed by atoms with Gasteiger partial charge in [0, 0.05) is 18.2 Å². The Hall–Kier alpha value is -2.04. The molecule has 0 atom stereocenters. The van der Waals surface area contributed by atoms with E-state index in [-0.39, 0.29) is 11.2 Å². The van der Waals surface area contributed by atoms with Crippen LogP contribution in [-0.2, 0) is 12.5 Å². The minimum atomic E-state index is -0.0355. The summed E-state index contributed by atoms with van der Waals surface area (Å²) in [6, 6.07) is 5.82. The first-order valence-electron chi connectivity index (χ1n) is 6.18. The minimum absolute atomic E-state index is 0.0355. The molecule has 1 heterocycles. The maximum atomic E-state index is 11.7. The lowest BCUT2D eigenvalue weighted by Gasteiger charge is -2.20. The van der Waals surface area contributed by atoms with Crippen LogP contribution in [0.4, 0.5) is 0 Å². The number of carbonyl (C=O) groups excluding carboxylic acids is 1. The van der Waals surface area contributed by atoms with Crippen LogP contribution >= 0.6 is 0 Å². The fraction of sp³-hybridized carbons (Fsp3) is 0.429. The molecule has 100 valence electrons. The van der Waals surface area contributed by atoms with Gasteiger partial charge in [0.25, 0.3) is 0 Å². The lowest BCUT2D eigenvalue weighted by Crippen LogP contribution is -2.12. The molecule has 5 nitrogen and oxygen atoms in total. The van der Waals surface area contributed by atoms with Crippen molar-refractivity contribution >= 4 is 5.78 Å². The zero-order chi connectivity index (χ0) is 14.2. The molecule has 0 aliphatic heterocycles. The smallest absolute Gasteiger partial charge is 0.181 e. The van der Waals surface area contributed by atoms with Crippen molar-refractivity contribution in [2.24, 2.45) is 7.05 Å². The van der Waals surface area contributed by atoms with Gasteiger partial charge in [-0.1, -0.05) is 20.8 Å². The van der Waals surface area contributed by atoms with Gasteiger partial charge in [0.05, 0.1) is 0 Å². The Balaban J connectivity index is 2.65. The third-order valence-corrected chi connectivity index (χ3v) is 3.08. The third-order valence-electron chi connectivity index (χ3n) is 3.08. The molecule has 0 aliphatic carbocycles. The first kappa shape index (κ1) is 13.4. The van der Waals surface area contributed by atoms with Gasteiger partial charge in [0.1, 0.15) is 0 Å². The van der Waals surface area contributed by atoms with Crippen LogP contribution in [0.2, 0.25) is 0 Å². The summed E-state index contributed by atoms with van der Waals surface area (Å²) >= 11 is 0. The second-order valence-corrected chi connectivity index (χ2v) is 5.73. The van der Waals surface area contributed by atoms with E-state index in [9.17, 15) is 4.79 Å². The molecular formula is C14H18N4O. The monoisotopic (exact) mass is 258 g/mol. The van der Waals surface area contributed by atoms with E-state index in [1.165, 1.54) is 0 Å². The molecule has 0 fully saturated rings. The van der Waals surface area contributed by atoms with E-state index in [1.54, 1.807) is 18.7 Å². The van der Waals surface area contributed by atoms with Crippen molar-refractivity contribution in [2.75, 3.05) is 0 Å². The molecule has 0 aliphatic rings. The van der Waals surface area contributed by atoms with Crippen LogP contribution in [0.15, 0.2) is 18.2 Å². The largest absolute Gasteiger partial charge is 0.295 e. The van der Waals surface area contributed by atoms with Gasteiger partial charge >= 0.3 is 0 Å². The van der Waals surface area contributed by atoms with E-state index in [0.717, 1.165) is 11.1 Å². The van der Waals surface area contributed by atoms with Crippen LogP contribution < -0.4 is 0 Å². The molecular weight excluding hydrogens is 240 g/mol. The van der Waals surface area contributed by atoms with Crippen LogP contribution in [0.25, 0.3) is 11.4 Å². The predicted octanol–water partition coefficient (Wildman–Crippen LogP) is 2.38. The van der Waals surface area contributed by atoms with Crippen molar-refractivity contribution in [3.05, 3.63) is 29.3 Å². The molecule has 0 radical (unpaired) electrons. The van der Waals surface area contributed by atoms with Crippen LogP contribution in [0, 0.1) is 0 Å². The number of tetrazole rings is 1. The molecule has 0 spiro atoms. The van der Waals surface area contributed by atoms with Gasteiger partial charge in [-0.25, -0.2) is 4.68 Å². The number of benzene rings is 1. The maximum Gasteiger partial charge on any atom is 0.181 e. The number of carbonyl (C=O) groups is 1. The fourth-order valence-electron chi connectivity index (χ4n) is 1.87. The predicted molar refractivity (Wildman–Crippen MR) is 72.9 cm³/mol. The average molecular weight is 258 g/mol. The number of ketones is 1. The summed E-state index contributed by atoms with van der Waals surface area (Å²) in [7, 11) is 1.78. The zero-order valence-electron chi connectivity index (χ0n) is 11.9. The average Bonchev–Trinajstić information content (AvgIpc) is 2.73. The van der Waals surface area contributed by atoms with Gasteiger partial charge < -0.3 is 0 Å². The van der Waals surface area contributed by atoms with Crippen molar-refractivity contribution in [1.29, 1.82) is 0 Å². The lowest BCUT2D eigenvalue weighted by molar-refractivity contribution is 0.101. The highest BCUT2D eigenvalue weighted by atomic mass is 16.1. The summed E-state index contributed by atoms with van der Waals surface area (Å²) in [5.74, 6) is 0.705. The number of hydrogen-bond donors (Lipinski definition) is 0. The molecule has 2 rings (SSSR count). The summed E-state index contributed by atoms with van der Waals surface area (Å²) in [5.41, 5.74) is 2.61. The van der Waals surface area contributed by atoms with Crippen LogP contribution in [0.3, 0.4) is 0 Å². The Kier molecular flexibility index (Phi) is 3.22. The number of aromatic nitrogens is 4. The van der Waals surface area contributed by atoms with E-state index in [4.69, 9.17) is 0 Å². The molecule has 19 heavy (non-hydrogen) atoms. The van der Waals surface area contributed by atoms with Crippen LogP contribution in [0.1, 0.15) is 43.6 Å². The van der Waals surface area contributed by atoms with Crippen molar-refractivity contribution in [3.63, 3.8) is 0 Å². The SMILES string of the molecule is CC(=O)c1cc(-c2nnnn2C)cc(C(C)(C)C)c1. The quantitative estimate of drug-likeness (QED) is 0.776. The highest BCUT2D eigenvalue weighted by Crippen LogP contribution is 2.28. The summed E-state index contributed by atoms with van der Waals surface area (Å²) in [4.78, 5) is 11.7. The van der Waals surface area contributed by atoms with Crippen molar-refractivity contribution in [2.45, 2.75) is 33.1 Å². The van der Waals surface area contributed by atoms with Crippen molar-refractivity contribution < 1.29 is 4.79 Å². The van der Waals surface area contributed by atoms with E-state index >= 15 is 0 Å². The molecule has 2 aromatic rings. The van der Waals surface area contributed by atoms with E-state index < -0.39 is 0 Å². The number of rotatable bonds is 2. The fourth-order valence-corrected chi connectivity index (χ4v) is 1.87. The topological polar surface area (TPSA) is 60.7 Å². The lowest BCUT2D eigenvalue weighted by atomic mass is 9.84. The first-order chi connectivity index (χ1) is 8.79. The number of nitrogens with zero attached hydrogens (tertiary/aromatic N) is 4. The highest BCUT2D eigenvalue weighted by molar-refractivity contribution is 5.95. The van der Waals surface area contributed by atoms with Gasteiger partial charge in [-0.2, -0.15) is 0 Å². The minimum Gasteiger partial charge on any atom is -0.295 e. The van der Waals surface area contributed by atoms with Gasteiger partial charge in [-0.15, -0.1) is 5.10 Å². The number of hydrogen-bond acceptors (Lipinski definition) is 4. The van der Waals surface area contributed by atoms with Crippen molar-refractivity contribution in [1.82, 2.24) is 20.2 Å². The second kappa shape index (κ2) is 4.57. The Morgan fingerprint density at radius 1 is 1.21 bits per heavy atom. The molecule has 0 N–H and O–H groups in total. The zero-order valence-corrected chi connectivity index (χ0v) is 11.9. The molecule has 1 aromatic heterocycles. The Bertz CT molecular complexity index is 623. The summed E-state index contributed by atoms with van der Waals surface area (Å²) in [6.07, 6.45) is 0. The van der Waals surface area contributed by atoms with E-state index in [1.807, 2.05) is 18.2 Å². The second-order valence-electron chi connectivity index (χ2n) is 5.73. The van der Waals surface area contributed by atoms with Gasteiger partial charge in [-0.3, -0.25) is 4.79 Å². The van der Waals surface area contributed by atoms with Crippen LogP contribution in [0.5, 0.6) is 0 Å². The van der Waals surface area contributed by atoms with Gasteiger partial charge in [-0.05, 0) is 46.5 Å². The van der Waals surface area contributed by atoms with Gasteiger partial charge in [0.2, 0.25) is 0 Å². The summed E-state index contributed by atoms with van der Waals surface area (Å²) in [6.45, 7) is 7.92. The summed E-state index contributed by atoms with van der Waals surface area (Å²) in [5, 5.41) is 11.5. The molecule has 0 unspecified atom stereocenters. The number of Topliss-reactive ketones (excluding diaryl/α,β-unsaturated/α-hetero) is 1. The first-order valence-corrected chi connectivity index (χ1v) is 6.18. The molecule has 5 heteroatoms. The Labute approximate surface area is 112 Å². The molecule has 0 amide bonds. The standard InChI is InChI=1S/C14H18N4O/c1-9(19)10-6-11(13-15-16-17-18(13)5)8-12(7-10)14(2,3)4/h6-8H,1-5H3. The normalized spacial score (nSPS) is 11.6. The highest BCUT2D eigenvalue weighted by Gasteiger charge is 2.18. The van der Waals surface area contributed by atoms with E-state index in [0.29, 0.717) is 11.4 Å². The van der Waals surface area contributed by atoms with E-state index in [2.05, 4.69) is 36.3 Å².